The number of ether oxygens (including phenoxy) is 1. The molecule has 0 heterocycles. The third kappa shape index (κ3) is 4.16. The van der Waals surface area contributed by atoms with Crippen molar-refractivity contribution in [2.75, 3.05) is 0 Å². The average Bonchev–Trinajstić information content (AvgIpc) is 2.77. The minimum absolute atomic E-state index is 0.362. The van der Waals surface area contributed by atoms with Crippen LogP contribution in [0.5, 0.6) is 5.75 Å². The Bertz CT molecular complexity index is 1230. The normalized spacial score (nSPS) is 11.2. The van der Waals surface area contributed by atoms with Crippen LogP contribution >= 0.6 is 11.6 Å². The molecule has 4 aromatic carbocycles. The van der Waals surface area contributed by atoms with Crippen LogP contribution in [0.2, 0.25) is 5.02 Å². The van der Waals surface area contributed by atoms with Gasteiger partial charge in [-0.2, -0.15) is 5.26 Å². The molecule has 29 heavy (non-hydrogen) atoms. The molecule has 0 fully saturated rings. The van der Waals surface area contributed by atoms with Crippen LogP contribution in [-0.2, 0) is 6.61 Å². The maximum absolute atomic E-state index is 9.86. The molecular weight excluding hydrogens is 378 g/mol. The van der Waals surface area contributed by atoms with E-state index in [2.05, 4.69) is 18.2 Å². The van der Waals surface area contributed by atoms with Crippen molar-refractivity contribution in [1.29, 1.82) is 5.26 Å². The minimum atomic E-state index is 0.362. The van der Waals surface area contributed by atoms with E-state index in [0.717, 1.165) is 27.5 Å². The molecule has 0 saturated carbocycles. The van der Waals surface area contributed by atoms with E-state index in [9.17, 15) is 5.26 Å². The molecule has 0 aliphatic carbocycles. The Morgan fingerprint density at radius 3 is 2.45 bits per heavy atom. The lowest BCUT2D eigenvalue weighted by atomic mass is 9.97. The molecule has 0 atom stereocenters. The topological polar surface area (TPSA) is 33.0 Å². The Labute approximate surface area is 175 Å². The first kappa shape index (κ1) is 18.8. The first-order valence-corrected chi connectivity index (χ1v) is 9.69. The van der Waals surface area contributed by atoms with Gasteiger partial charge in [-0.3, -0.25) is 0 Å². The molecule has 0 spiro atoms. The van der Waals surface area contributed by atoms with Crippen LogP contribution in [0, 0.1) is 11.3 Å². The van der Waals surface area contributed by atoms with Gasteiger partial charge in [0.25, 0.3) is 0 Å². The fourth-order valence-corrected chi connectivity index (χ4v) is 3.48. The van der Waals surface area contributed by atoms with E-state index in [0.29, 0.717) is 23.0 Å². The van der Waals surface area contributed by atoms with Crippen molar-refractivity contribution in [3.05, 3.63) is 113 Å². The number of para-hydroxylation sites is 1. The monoisotopic (exact) mass is 395 g/mol. The number of hydrogen-bond donors (Lipinski definition) is 0. The second-order valence-corrected chi connectivity index (χ2v) is 7.02. The summed E-state index contributed by atoms with van der Waals surface area (Å²) in [5.41, 5.74) is 3.27. The highest BCUT2D eigenvalue weighted by molar-refractivity contribution is 6.31. The molecule has 0 aliphatic rings. The van der Waals surface area contributed by atoms with Gasteiger partial charge in [0.2, 0.25) is 0 Å². The molecule has 0 unspecified atom stereocenters. The van der Waals surface area contributed by atoms with Crippen molar-refractivity contribution < 1.29 is 4.74 Å². The van der Waals surface area contributed by atoms with Crippen LogP contribution in [0.1, 0.15) is 16.7 Å². The number of nitriles is 1. The third-order valence-corrected chi connectivity index (χ3v) is 5.13. The summed E-state index contributed by atoms with van der Waals surface area (Å²) in [5.74, 6) is 0.709. The van der Waals surface area contributed by atoms with E-state index < -0.39 is 0 Å². The average molecular weight is 396 g/mol. The standard InChI is InChI=1S/C26H18ClNO/c27-25-14-5-2-10-21(25)18-29-26-15-6-3-9-20(26)16-22(17-28)24-13-7-11-19-8-1-4-12-23(19)24/h1-16H,18H2/b22-16-. The number of fused-ring (bicyclic) bond motifs is 1. The van der Waals surface area contributed by atoms with Crippen molar-refractivity contribution in [2.24, 2.45) is 0 Å². The SMILES string of the molecule is N#C/C(=C/c1ccccc1OCc1ccccc1Cl)c1cccc2ccccc12. The van der Waals surface area contributed by atoms with Gasteiger partial charge in [0.1, 0.15) is 12.4 Å². The fourth-order valence-electron chi connectivity index (χ4n) is 3.29. The second-order valence-electron chi connectivity index (χ2n) is 6.61. The third-order valence-electron chi connectivity index (χ3n) is 4.76. The summed E-state index contributed by atoms with van der Waals surface area (Å²) in [5, 5.41) is 12.7. The zero-order chi connectivity index (χ0) is 20.1. The van der Waals surface area contributed by atoms with Crippen LogP contribution in [0.15, 0.2) is 91.0 Å². The summed E-state index contributed by atoms with van der Waals surface area (Å²) in [4.78, 5) is 0. The van der Waals surface area contributed by atoms with Gasteiger partial charge in [0.05, 0.1) is 11.6 Å². The van der Waals surface area contributed by atoms with Gasteiger partial charge in [-0.1, -0.05) is 90.5 Å². The summed E-state index contributed by atoms with van der Waals surface area (Å²) < 4.78 is 6.03. The molecule has 0 aromatic heterocycles. The first-order chi connectivity index (χ1) is 14.3. The quantitative estimate of drug-likeness (QED) is 0.266. The van der Waals surface area contributed by atoms with Gasteiger partial charge in [0, 0.05) is 21.7 Å². The van der Waals surface area contributed by atoms with Gasteiger partial charge in [0.15, 0.2) is 0 Å². The van der Waals surface area contributed by atoms with E-state index in [1.54, 1.807) is 0 Å². The largest absolute Gasteiger partial charge is 0.488 e. The second kappa shape index (κ2) is 8.65. The number of benzene rings is 4. The molecule has 4 aromatic rings. The summed E-state index contributed by atoms with van der Waals surface area (Å²) in [6.45, 7) is 0.362. The highest BCUT2D eigenvalue weighted by Crippen LogP contribution is 2.29. The molecule has 0 radical (unpaired) electrons. The molecule has 0 amide bonds. The zero-order valence-corrected chi connectivity index (χ0v) is 16.4. The number of rotatable bonds is 5. The Kier molecular flexibility index (Phi) is 5.61. The molecule has 0 saturated heterocycles. The van der Waals surface area contributed by atoms with Crippen LogP contribution in [-0.4, -0.2) is 0 Å². The lowest BCUT2D eigenvalue weighted by molar-refractivity contribution is 0.305. The smallest absolute Gasteiger partial charge is 0.127 e. The first-order valence-electron chi connectivity index (χ1n) is 9.31. The Balaban J connectivity index is 1.70. The summed E-state index contributed by atoms with van der Waals surface area (Å²) in [6, 6.07) is 31.8. The number of halogens is 1. The van der Waals surface area contributed by atoms with E-state index in [1.165, 1.54) is 0 Å². The molecule has 4 rings (SSSR count). The molecule has 3 heteroatoms. The molecular formula is C26H18ClNO. The van der Waals surface area contributed by atoms with Crippen LogP contribution in [0.3, 0.4) is 0 Å². The lowest BCUT2D eigenvalue weighted by Crippen LogP contribution is -1.97. The van der Waals surface area contributed by atoms with Crippen molar-refractivity contribution >= 4 is 34.0 Å². The minimum Gasteiger partial charge on any atom is -0.488 e. The van der Waals surface area contributed by atoms with Gasteiger partial charge >= 0.3 is 0 Å². The number of allylic oxidation sites excluding steroid dienone is 1. The van der Waals surface area contributed by atoms with Gasteiger partial charge in [-0.15, -0.1) is 0 Å². The predicted octanol–water partition coefficient (Wildman–Crippen LogP) is 7.14. The molecule has 140 valence electrons. The van der Waals surface area contributed by atoms with Gasteiger partial charge in [-0.05, 0) is 29.0 Å². The Morgan fingerprint density at radius 1 is 0.862 bits per heavy atom. The maximum Gasteiger partial charge on any atom is 0.127 e. The number of hydrogen-bond acceptors (Lipinski definition) is 2. The molecule has 2 nitrogen and oxygen atoms in total. The van der Waals surface area contributed by atoms with Crippen LogP contribution in [0.25, 0.3) is 22.4 Å². The van der Waals surface area contributed by atoms with E-state index in [1.807, 2.05) is 84.9 Å². The lowest BCUT2D eigenvalue weighted by Gasteiger charge is -2.11. The van der Waals surface area contributed by atoms with Crippen molar-refractivity contribution in [2.45, 2.75) is 6.61 Å². The van der Waals surface area contributed by atoms with Gasteiger partial charge < -0.3 is 4.74 Å². The molecule has 0 bridgehead atoms. The molecule has 0 aliphatic heterocycles. The Hall–Kier alpha value is -3.54. The van der Waals surface area contributed by atoms with Gasteiger partial charge in [-0.25, -0.2) is 0 Å². The van der Waals surface area contributed by atoms with E-state index >= 15 is 0 Å². The highest BCUT2D eigenvalue weighted by atomic mass is 35.5. The van der Waals surface area contributed by atoms with Crippen molar-refractivity contribution in [3.8, 4) is 11.8 Å². The summed E-state index contributed by atoms with van der Waals surface area (Å²) >= 11 is 6.24. The fraction of sp³-hybridized carbons (Fsp3) is 0.0385. The Morgan fingerprint density at radius 2 is 1.59 bits per heavy atom. The van der Waals surface area contributed by atoms with Crippen molar-refractivity contribution in [1.82, 2.24) is 0 Å². The highest BCUT2D eigenvalue weighted by Gasteiger charge is 2.09. The van der Waals surface area contributed by atoms with E-state index in [4.69, 9.17) is 16.3 Å². The predicted molar refractivity (Wildman–Crippen MR) is 120 cm³/mol. The number of nitrogens with zero attached hydrogens (tertiary/aromatic N) is 1. The van der Waals surface area contributed by atoms with E-state index in [-0.39, 0.29) is 0 Å². The van der Waals surface area contributed by atoms with Crippen LogP contribution in [0.4, 0.5) is 0 Å². The maximum atomic E-state index is 9.86. The summed E-state index contributed by atoms with van der Waals surface area (Å²) in [7, 11) is 0. The van der Waals surface area contributed by atoms with Crippen molar-refractivity contribution in [3.63, 3.8) is 0 Å². The zero-order valence-electron chi connectivity index (χ0n) is 15.7. The summed E-state index contributed by atoms with van der Waals surface area (Å²) in [6.07, 6.45) is 1.88. The molecule has 0 N–H and O–H groups in total. The van der Waals surface area contributed by atoms with Crippen LogP contribution < -0.4 is 4.74 Å².